The number of likely N-dealkylation sites (tertiary alicyclic amines) is 1. The molecule has 0 aromatic carbocycles. The molecule has 2 aliphatic rings. The van der Waals surface area contributed by atoms with Crippen LogP contribution in [0.1, 0.15) is 56.5 Å². The van der Waals surface area contributed by atoms with Crippen LogP contribution in [-0.2, 0) is 22.5 Å². The summed E-state index contributed by atoms with van der Waals surface area (Å²) in [5.74, 6) is 1.41. The van der Waals surface area contributed by atoms with Crippen molar-refractivity contribution in [3.8, 4) is 0 Å². The molecule has 1 aromatic heterocycles. The molecule has 3 heterocycles. The zero-order valence-corrected chi connectivity index (χ0v) is 17.5. The van der Waals surface area contributed by atoms with Crippen molar-refractivity contribution in [1.29, 1.82) is 0 Å². The average molecular weight is 391 g/mol. The number of carbonyl (C=O) groups is 1. The van der Waals surface area contributed by atoms with Gasteiger partial charge in [-0.25, -0.2) is 4.98 Å². The largest absolute Gasteiger partial charge is 0.380 e. The van der Waals surface area contributed by atoms with E-state index in [1.54, 1.807) is 18.1 Å². The first-order valence-corrected chi connectivity index (χ1v) is 10.6. The number of ether oxygens (including phenoxy) is 1. The minimum atomic E-state index is 0.0399. The Morgan fingerprint density at radius 3 is 2.75 bits per heavy atom. The van der Waals surface area contributed by atoms with Gasteiger partial charge in [0, 0.05) is 45.7 Å². The Morgan fingerprint density at radius 1 is 1.29 bits per heavy atom. The normalized spacial score (nSPS) is 19.7. The molecule has 28 heavy (non-hydrogen) atoms. The van der Waals surface area contributed by atoms with Gasteiger partial charge >= 0.3 is 0 Å². The fourth-order valence-corrected chi connectivity index (χ4v) is 4.20. The molecular weight excluding hydrogens is 356 g/mol. The molecule has 1 unspecified atom stereocenters. The third-order valence-corrected chi connectivity index (χ3v) is 6.11. The number of methoxy groups -OCH3 is 1. The van der Waals surface area contributed by atoms with Crippen molar-refractivity contribution in [2.45, 2.75) is 64.0 Å². The highest BCUT2D eigenvalue weighted by atomic mass is 16.5. The minimum Gasteiger partial charge on any atom is -0.380 e. The number of aromatic nitrogens is 2. The van der Waals surface area contributed by atoms with Crippen molar-refractivity contribution in [2.24, 2.45) is 0 Å². The van der Waals surface area contributed by atoms with Crippen LogP contribution in [-0.4, -0.2) is 71.7 Å². The van der Waals surface area contributed by atoms with Gasteiger partial charge in [-0.1, -0.05) is 6.42 Å². The maximum absolute atomic E-state index is 12.5. The Hall–Kier alpha value is -1.73. The number of hydrogen-bond acceptors (Lipinski definition) is 5. The number of piperidine rings is 1. The molecule has 1 saturated heterocycles. The summed E-state index contributed by atoms with van der Waals surface area (Å²) in [6.07, 6.45) is 6.19. The summed E-state index contributed by atoms with van der Waals surface area (Å²) in [5.41, 5.74) is 1.06. The predicted molar refractivity (Wildman–Crippen MR) is 109 cm³/mol. The standard InChI is InChI=1S/C21H34N4O3/c1-16(28-3)14-23(2)21(27)15-24-11-8-17(9-12-24)18-13-20(26)25-10-6-4-5-7-19(25)22-18/h13,16-17H,4-12,14-15H2,1-3H3. The summed E-state index contributed by atoms with van der Waals surface area (Å²) in [4.78, 5) is 33.8. The van der Waals surface area contributed by atoms with Crippen molar-refractivity contribution in [1.82, 2.24) is 19.4 Å². The van der Waals surface area contributed by atoms with Crippen LogP contribution in [0, 0.1) is 0 Å². The minimum absolute atomic E-state index is 0.0399. The van der Waals surface area contributed by atoms with Crippen LogP contribution >= 0.6 is 0 Å². The lowest BCUT2D eigenvalue weighted by Gasteiger charge is -2.32. The third kappa shape index (κ3) is 5.20. The van der Waals surface area contributed by atoms with Crippen LogP contribution in [0.15, 0.2) is 10.9 Å². The fourth-order valence-electron chi connectivity index (χ4n) is 4.20. The molecule has 7 nitrogen and oxygen atoms in total. The molecule has 0 radical (unpaired) electrons. The van der Waals surface area contributed by atoms with E-state index in [4.69, 9.17) is 9.72 Å². The lowest BCUT2D eigenvalue weighted by atomic mass is 9.93. The van der Waals surface area contributed by atoms with E-state index in [-0.39, 0.29) is 17.6 Å². The Kier molecular flexibility index (Phi) is 7.24. The monoisotopic (exact) mass is 390 g/mol. The fraction of sp³-hybridized carbons (Fsp3) is 0.762. The number of likely N-dealkylation sites (N-methyl/N-ethyl adjacent to an activating group) is 1. The molecule has 3 rings (SSSR count). The van der Waals surface area contributed by atoms with Crippen LogP contribution in [0.4, 0.5) is 0 Å². The predicted octanol–water partition coefficient (Wildman–Crippen LogP) is 1.64. The van der Waals surface area contributed by atoms with Crippen LogP contribution in [0.2, 0.25) is 0 Å². The van der Waals surface area contributed by atoms with Gasteiger partial charge in [-0.2, -0.15) is 0 Å². The number of hydrogen-bond donors (Lipinski definition) is 0. The summed E-state index contributed by atoms with van der Waals surface area (Å²) in [7, 11) is 3.49. The van der Waals surface area contributed by atoms with Gasteiger partial charge in [-0.3, -0.25) is 19.1 Å². The third-order valence-electron chi connectivity index (χ3n) is 6.11. The van der Waals surface area contributed by atoms with E-state index in [0.29, 0.717) is 19.0 Å². The lowest BCUT2D eigenvalue weighted by Crippen LogP contribution is -2.43. The van der Waals surface area contributed by atoms with E-state index in [2.05, 4.69) is 4.90 Å². The van der Waals surface area contributed by atoms with Gasteiger partial charge in [0.25, 0.3) is 5.56 Å². The molecule has 156 valence electrons. The Labute approximate surface area is 167 Å². The SMILES string of the molecule is COC(C)CN(C)C(=O)CN1CCC(c2cc(=O)n3c(n2)CCCCC3)CC1. The van der Waals surface area contributed by atoms with E-state index >= 15 is 0 Å². The summed E-state index contributed by atoms with van der Waals surface area (Å²) < 4.78 is 7.10. The first-order chi connectivity index (χ1) is 13.5. The zero-order chi connectivity index (χ0) is 20.1. The molecule has 1 atom stereocenters. The Balaban J connectivity index is 1.55. The number of rotatable bonds is 6. The quantitative estimate of drug-likeness (QED) is 0.739. The Bertz CT molecular complexity index is 725. The van der Waals surface area contributed by atoms with Gasteiger partial charge < -0.3 is 9.64 Å². The highest BCUT2D eigenvalue weighted by Crippen LogP contribution is 2.26. The van der Waals surface area contributed by atoms with Crippen molar-refractivity contribution in [2.75, 3.05) is 40.3 Å². The number of aryl methyl sites for hydroxylation is 1. The highest BCUT2D eigenvalue weighted by molar-refractivity contribution is 5.78. The number of nitrogens with zero attached hydrogens (tertiary/aromatic N) is 4. The van der Waals surface area contributed by atoms with E-state index in [9.17, 15) is 9.59 Å². The van der Waals surface area contributed by atoms with Crippen molar-refractivity contribution >= 4 is 5.91 Å². The molecule has 2 aliphatic heterocycles. The summed E-state index contributed by atoms with van der Waals surface area (Å²) in [5, 5.41) is 0. The van der Waals surface area contributed by atoms with Crippen LogP contribution in [0.25, 0.3) is 0 Å². The van der Waals surface area contributed by atoms with Gasteiger partial charge in [0.1, 0.15) is 5.82 Å². The molecular formula is C21H34N4O3. The summed E-state index contributed by atoms with van der Waals surface area (Å²) in [6, 6.07) is 1.75. The van der Waals surface area contributed by atoms with Gasteiger partial charge in [0.2, 0.25) is 5.91 Å². The highest BCUT2D eigenvalue weighted by Gasteiger charge is 2.25. The van der Waals surface area contributed by atoms with Crippen molar-refractivity contribution in [3.05, 3.63) is 27.9 Å². The van der Waals surface area contributed by atoms with Crippen molar-refractivity contribution in [3.63, 3.8) is 0 Å². The van der Waals surface area contributed by atoms with Crippen LogP contribution in [0.5, 0.6) is 0 Å². The van der Waals surface area contributed by atoms with Crippen molar-refractivity contribution < 1.29 is 9.53 Å². The first-order valence-electron chi connectivity index (χ1n) is 10.6. The first kappa shape index (κ1) is 21.0. The van der Waals surface area contributed by atoms with Gasteiger partial charge in [0.15, 0.2) is 0 Å². The lowest BCUT2D eigenvalue weighted by molar-refractivity contribution is -0.132. The second kappa shape index (κ2) is 9.65. The zero-order valence-electron chi connectivity index (χ0n) is 17.5. The molecule has 0 bridgehead atoms. The van der Waals surface area contributed by atoms with Gasteiger partial charge in [-0.05, 0) is 45.7 Å². The Morgan fingerprint density at radius 2 is 2.04 bits per heavy atom. The van der Waals surface area contributed by atoms with Crippen LogP contribution in [0.3, 0.4) is 0 Å². The second-order valence-electron chi connectivity index (χ2n) is 8.27. The second-order valence-corrected chi connectivity index (χ2v) is 8.27. The molecule has 1 aromatic rings. The van der Waals surface area contributed by atoms with E-state index in [1.165, 1.54) is 6.42 Å². The topological polar surface area (TPSA) is 67.7 Å². The molecule has 0 saturated carbocycles. The van der Waals surface area contributed by atoms with Gasteiger partial charge in [-0.15, -0.1) is 0 Å². The molecule has 0 spiro atoms. The molecule has 0 N–H and O–H groups in total. The van der Waals surface area contributed by atoms with E-state index in [1.807, 2.05) is 18.5 Å². The smallest absolute Gasteiger partial charge is 0.253 e. The summed E-state index contributed by atoms with van der Waals surface area (Å²) >= 11 is 0. The molecule has 7 heteroatoms. The molecule has 1 fully saturated rings. The van der Waals surface area contributed by atoms with Gasteiger partial charge in [0.05, 0.1) is 18.3 Å². The summed E-state index contributed by atoms with van der Waals surface area (Å²) in [6.45, 7) is 5.55. The average Bonchev–Trinajstić information content (AvgIpc) is 2.94. The molecule has 0 aliphatic carbocycles. The number of fused-ring (bicyclic) bond motifs is 1. The van der Waals surface area contributed by atoms with E-state index in [0.717, 1.165) is 63.3 Å². The van der Waals surface area contributed by atoms with Crippen LogP contribution < -0.4 is 5.56 Å². The maximum Gasteiger partial charge on any atom is 0.253 e. The number of amides is 1. The number of carbonyl (C=O) groups excluding carboxylic acids is 1. The molecule has 1 amide bonds. The van der Waals surface area contributed by atoms with E-state index < -0.39 is 0 Å². The maximum atomic E-state index is 12.5.